The minimum atomic E-state index is -0.366. The van der Waals surface area contributed by atoms with Crippen LogP contribution >= 0.6 is 11.3 Å². The number of rotatable bonds is 1. The van der Waals surface area contributed by atoms with E-state index in [1.165, 1.54) is 17.0 Å². The van der Waals surface area contributed by atoms with Crippen molar-refractivity contribution in [2.45, 2.75) is 26.2 Å². The van der Waals surface area contributed by atoms with Crippen LogP contribution in [0.4, 0.5) is 4.39 Å². The Bertz CT molecular complexity index is 614. The maximum absolute atomic E-state index is 13.4. The molecule has 0 atom stereocenters. The summed E-state index contributed by atoms with van der Waals surface area (Å²) in [4.78, 5) is 2.25. The van der Waals surface area contributed by atoms with Gasteiger partial charge in [-0.05, 0) is 41.3 Å². The first-order valence-electron chi connectivity index (χ1n) is 5.71. The van der Waals surface area contributed by atoms with Gasteiger partial charge in [-0.2, -0.15) is 5.26 Å². The molecule has 0 aliphatic heterocycles. The average Bonchev–Trinajstić information content (AvgIpc) is 2.77. The molecule has 0 bridgehead atoms. The predicted molar refractivity (Wildman–Crippen MR) is 73.1 cm³/mol. The van der Waals surface area contributed by atoms with Gasteiger partial charge in [0.05, 0.1) is 11.6 Å². The lowest BCUT2D eigenvalue weighted by Crippen LogP contribution is -2.07. The molecule has 18 heavy (non-hydrogen) atoms. The fourth-order valence-electron chi connectivity index (χ4n) is 1.69. The number of halogens is 1. The molecular weight excluding hydrogens is 245 g/mol. The zero-order valence-electron chi connectivity index (χ0n) is 10.6. The average molecular weight is 259 g/mol. The van der Waals surface area contributed by atoms with E-state index in [9.17, 15) is 4.39 Å². The Hall–Kier alpha value is -1.66. The molecule has 0 aliphatic carbocycles. The van der Waals surface area contributed by atoms with Gasteiger partial charge in [0.2, 0.25) is 0 Å². The number of benzene rings is 1. The van der Waals surface area contributed by atoms with Crippen LogP contribution in [0.2, 0.25) is 0 Å². The van der Waals surface area contributed by atoms with Gasteiger partial charge in [0, 0.05) is 9.75 Å². The highest BCUT2D eigenvalue weighted by molar-refractivity contribution is 7.15. The third-order valence-electron chi connectivity index (χ3n) is 2.66. The lowest BCUT2D eigenvalue weighted by molar-refractivity contribution is 0.604. The maximum Gasteiger partial charge on any atom is 0.125 e. The standard InChI is InChI=1S/C15H14FNS/c1-15(2,3)14-5-4-13(18-14)11-6-10(9-17)7-12(16)8-11/h4-8H,1-3H3. The first kappa shape index (κ1) is 12.8. The first-order chi connectivity index (χ1) is 8.40. The lowest BCUT2D eigenvalue weighted by atomic mass is 9.95. The van der Waals surface area contributed by atoms with Gasteiger partial charge in [-0.3, -0.25) is 0 Å². The molecule has 2 aromatic rings. The van der Waals surface area contributed by atoms with Gasteiger partial charge in [-0.25, -0.2) is 4.39 Å². The summed E-state index contributed by atoms with van der Waals surface area (Å²) < 4.78 is 13.4. The fourth-order valence-corrected chi connectivity index (χ4v) is 2.74. The van der Waals surface area contributed by atoms with Crippen LogP contribution in [0.3, 0.4) is 0 Å². The number of hydrogen-bond acceptors (Lipinski definition) is 2. The molecule has 1 aromatic carbocycles. The monoisotopic (exact) mass is 259 g/mol. The van der Waals surface area contributed by atoms with Crippen LogP contribution in [0.1, 0.15) is 31.2 Å². The van der Waals surface area contributed by atoms with Gasteiger partial charge in [-0.15, -0.1) is 11.3 Å². The molecule has 0 N–H and O–H groups in total. The Morgan fingerprint density at radius 3 is 2.44 bits per heavy atom. The van der Waals surface area contributed by atoms with Crippen LogP contribution in [0, 0.1) is 17.1 Å². The van der Waals surface area contributed by atoms with E-state index >= 15 is 0 Å². The highest BCUT2D eigenvalue weighted by Crippen LogP contribution is 2.35. The van der Waals surface area contributed by atoms with E-state index < -0.39 is 0 Å². The van der Waals surface area contributed by atoms with Gasteiger partial charge in [-0.1, -0.05) is 20.8 Å². The summed E-state index contributed by atoms with van der Waals surface area (Å²) in [6, 6.07) is 10.5. The van der Waals surface area contributed by atoms with E-state index in [-0.39, 0.29) is 11.2 Å². The van der Waals surface area contributed by atoms with Crippen LogP contribution in [0.15, 0.2) is 30.3 Å². The number of hydrogen-bond donors (Lipinski definition) is 0. The minimum Gasteiger partial charge on any atom is -0.207 e. The Labute approximate surface area is 111 Å². The zero-order valence-corrected chi connectivity index (χ0v) is 11.4. The molecule has 2 rings (SSSR count). The molecule has 0 amide bonds. The van der Waals surface area contributed by atoms with Crippen LogP contribution in [0.5, 0.6) is 0 Å². The SMILES string of the molecule is CC(C)(C)c1ccc(-c2cc(F)cc(C#N)c2)s1. The van der Waals surface area contributed by atoms with Crippen molar-refractivity contribution in [1.82, 2.24) is 0 Å². The summed E-state index contributed by atoms with van der Waals surface area (Å²) in [7, 11) is 0. The van der Waals surface area contributed by atoms with Crippen molar-refractivity contribution in [3.05, 3.63) is 46.6 Å². The molecule has 0 unspecified atom stereocenters. The summed E-state index contributed by atoms with van der Waals surface area (Å²) in [5.74, 6) is -0.366. The van der Waals surface area contributed by atoms with Crippen LogP contribution < -0.4 is 0 Å². The van der Waals surface area contributed by atoms with E-state index in [0.717, 1.165) is 10.4 Å². The summed E-state index contributed by atoms with van der Waals surface area (Å²) in [6.07, 6.45) is 0. The van der Waals surface area contributed by atoms with Crippen molar-refractivity contribution in [1.29, 1.82) is 5.26 Å². The third-order valence-corrected chi connectivity index (χ3v) is 4.22. The van der Waals surface area contributed by atoms with E-state index in [1.54, 1.807) is 17.4 Å². The molecule has 0 saturated carbocycles. The number of nitriles is 1. The molecule has 0 spiro atoms. The van der Waals surface area contributed by atoms with Crippen molar-refractivity contribution in [3.63, 3.8) is 0 Å². The van der Waals surface area contributed by atoms with Crippen molar-refractivity contribution < 1.29 is 4.39 Å². The van der Waals surface area contributed by atoms with Crippen molar-refractivity contribution in [2.24, 2.45) is 0 Å². The van der Waals surface area contributed by atoms with Gasteiger partial charge < -0.3 is 0 Å². The summed E-state index contributed by atoms with van der Waals surface area (Å²) in [5.41, 5.74) is 1.22. The number of nitrogens with zero attached hydrogens (tertiary/aromatic N) is 1. The molecule has 1 nitrogen and oxygen atoms in total. The Morgan fingerprint density at radius 2 is 1.89 bits per heavy atom. The quantitative estimate of drug-likeness (QED) is 0.726. The number of thiophene rings is 1. The Kier molecular flexibility index (Phi) is 3.23. The van der Waals surface area contributed by atoms with Gasteiger partial charge in [0.15, 0.2) is 0 Å². The molecule has 1 heterocycles. The summed E-state index contributed by atoms with van der Waals surface area (Å²) in [6.45, 7) is 6.44. The molecular formula is C15H14FNS. The second-order valence-electron chi connectivity index (χ2n) is 5.25. The molecule has 0 saturated heterocycles. The maximum atomic E-state index is 13.4. The summed E-state index contributed by atoms with van der Waals surface area (Å²) in [5, 5.41) is 8.85. The zero-order chi connectivity index (χ0) is 13.3. The molecule has 0 aliphatic rings. The Balaban J connectivity index is 2.47. The highest BCUT2D eigenvalue weighted by Gasteiger charge is 2.16. The van der Waals surface area contributed by atoms with E-state index in [1.807, 2.05) is 12.1 Å². The van der Waals surface area contributed by atoms with Gasteiger partial charge in [0.25, 0.3) is 0 Å². The molecule has 3 heteroatoms. The third kappa shape index (κ3) is 2.60. The van der Waals surface area contributed by atoms with Crippen molar-refractivity contribution in [3.8, 4) is 16.5 Å². The topological polar surface area (TPSA) is 23.8 Å². The summed E-state index contributed by atoms with van der Waals surface area (Å²) >= 11 is 1.64. The largest absolute Gasteiger partial charge is 0.207 e. The minimum absolute atomic E-state index is 0.0916. The molecule has 0 fully saturated rings. The van der Waals surface area contributed by atoms with Crippen molar-refractivity contribution in [2.75, 3.05) is 0 Å². The lowest BCUT2D eigenvalue weighted by Gasteiger charge is -2.15. The highest BCUT2D eigenvalue weighted by atomic mass is 32.1. The van der Waals surface area contributed by atoms with Crippen LogP contribution in [-0.4, -0.2) is 0 Å². The molecule has 1 aromatic heterocycles. The Morgan fingerprint density at radius 1 is 1.17 bits per heavy atom. The van der Waals surface area contributed by atoms with Crippen molar-refractivity contribution >= 4 is 11.3 Å². The second kappa shape index (κ2) is 4.55. The van der Waals surface area contributed by atoms with Gasteiger partial charge in [0.1, 0.15) is 5.82 Å². The first-order valence-corrected chi connectivity index (χ1v) is 6.53. The van der Waals surface area contributed by atoms with Crippen LogP contribution in [0.25, 0.3) is 10.4 Å². The van der Waals surface area contributed by atoms with E-state index in [0.29, 0.717) is 5.56 Å². The van der Waals surface area contributed by atoms with E-state index in [2.05, 4.69) is 26.8 Å². The van der Waals surface area contributed by atoms with Gasteiger partial charge >= 0.3 is 0 Å². The smallest absolute Gasteiger partial charge is 0.125 e. The molecule has 0 radical (unpaired) electrons. The molecule has 92 valence electrons. The predicted octanol–water partition coefficient (Wildman–Crippen LogP) is 4.72. The van der Waals surface area contributed by atoms with E-state index in [4.69, 9.17) is 5.26 Å². The fraction of sp³-hybridized carbons (Fsp3) is 0.267. The van der Waals surface area contributed by atoms with Crippen LogP contribution in [-0.2, 0) is 5.41 Å². The normalized spacial score (nSPS) is 11.3. The second-order valence-corrected chi connectivity index (χ2v) is 6.34.